The summed E-state index contributed by atoms with van der Waals surface area (Å²) in [6.07, 6.45) is 0. The maximum atomic E-state index is 12.3. The minimum absolute atomic E-state index is 0.121. The van der Waals surface area contributed by atoms with E-state index in [9.17, 15) is 14.9 Å². The molecular formula is C16H24N4O3. The van der Waals surface area contributed by atoms with Crippen molar-refractivity contribution in [2.75, 3.05) is 50.7 Å². The predicted molar refractivity (Wildman–Crippen MR) is 89.7 cm³/mol. The first-order chi connectivity index (χ1) is 11.1. The van der Waals surface area contributed by atoms with Crippen LogP contribution in [-0.2, 0) is 4.79 Å². The normalized spacial score (nSPS) is 15.1. The van der Waals surface area contributed by atoms with Gasteiger partial charge in [0, 0.05) is 32.2 Å². The first-order valence-electron chi connectivity index (χ1n) is 8.05. The number of hydrogen-bond acceptors (Lipinski definition) is 5. The molecule has 0 spiro atoms. The van der Waals surface area contributed by atoms with E-state index in [0.717, 1.165) is 13.1 Å². The molecule has 0 aliphatic carbocycles. The molecule has 1 aromatic carbocycles. The van der Waals surface area contributed by atoms with Crippen LogP contribution in [0, 0.1) is 10.1 Å². The van der Waals surface area contributed by atoms with Gasteiger partial charge in [-0.15, -0.1) is 0 Å². The Labute approximate surface area is 136 Å². The van der Waals surface area contributed by atoms with E-state index in [1.54, 1.807) is 18.2 Å². The van der Waals surface area contributed by atoms with Crippen LogP contribution < -0.4 is 4.90 Å². The zero-order valence-electron chi connectivity index (χ0n) is 13.8. The second-order valence-electron chi connectivity index (χ2n) is 5.58. The summed E-state index contributed by atoms with van der Waals surface area (Å²) in [5, 5.41) is 11.1. The second-order valence-corrected chi connectivity index (χ2v) is 5.58. The van der Waals surface area contributed by atoms with E-state index >= 15 is 0 Å². The number of amides is 1. The summed E-state index contributed by atoms with van der Waals surface area (Å²) in [6, 6.07) is 6.77. The van der Waals surface area contributed by atoms with Crippen molar-refractivity contribution in [1.29, 1.82) is 0 Å². The van der Waals surface area contributed by atoms with Crippen molar-refractivity contribution in [3.05, 3.63) is 34.4 Å². The van der Waals surface area contributed by atoms with Gasteiger partial charge in [-0.25, -0.2) is 0 Å². The zero-order valence-corrected chi connectivity index (χ0v) is 13.8. The molecule has 0 radical (unpaired) electrons. The van der Waals surface area contributed by atoms with Gasteiger partial charge in [-0.2, -0.15) is 0 Å². The molecule has 0 atom stereocenters. The van der Waals surface area contributed by atoms with E-state index in [4.69, 9.17) is 0 Å². The molecule has 0 unspecified atom stereocenters. The number of nitrogens with zero attached hydrogens (tertiary/aromatic N) is 4. The van der Waals surface area contributed by atoms with Gasteiger partial charge in [-0.05, 0) is 19.2 Å². The van der Waals surface area contributed by atoms with Crippen LogP contribution in [0.25, 0.3) is 0 Å². The Kier molecular flexibility index (Phi) is 5.92. The highest BCUT2D eigenvalue weighted by Crippen LogP contribution is 2.28. The molecule has 2 rings (SSSR count). The van der Waals surface area contributed by atoms with Gasteiger partial charge in [-0.3, -0.25) is 19.8 Å². The Balaban J connectivity index is 1.96. The fourth-order valence-corrected chi connectivity index (χ4v) is 2.82. The average molecular weight is 320 g/mol. The molecule has 126 valence electrons. The first kappa shape index (κ1) is 17.2. The third kappa shape index (κ3) is 4.19. The van der Waals surface area contributed by atoms with Crippen molar-refractivity contribution in [1.82, 2.24) is 9.80 Å². The summed E-state index contributed by atoms with van der Waals surface area (Å²) >= 11 is 0. The highest BCUT2D eigenvalue weighted by Gasteiger charge is 2.25. The summed E-state index contributed by atoms with van der Waals surface area (Å²) in [5.41, 5.74) is 0.753. The smallest absolute Gasteiger partial charge is 0.292 e. The van der Waals surface area contributed by atoms with Gasteiger partial charge in [-0.1, -0.05) is 26.0 Å². The van der Waals surface area contributed by atoms with Gasteiger partial charge < -0.3 is 9.80 Å². The van der Waals surface area contributed by atoms with Gasteiger partial charge in [0.15, 0.2) is 0 Å². The van der Waals surface area contributed by atoms with Gasteiger partial charge in [0.05, 0.1) is 11.5 Å². The largest absolute Gasteiger partial charge is 0.362 e. The molecule has 1 fully saturated rings. The molecule has 1 heterocycles. The Hall–Kier alpha value is -2.15. The molecule has 7 heteroatoms. The molecule has 0 saturated carbocycles. The maximum Gasteiger partial charge on any atom is 0.292 e. The van der Waals surface area contributed by atoms with Gasteiger partial charge in [0.1, 0.15) is 5.69 Å². The number of nitro groups is 1. The van der Waals surface area contributed by atoms with Crippen LogP contribution in [0.2, 0.25) is 0 Å². The number of rotatable bonds is 6. The molecule has 23 heavy (non-hydrogen) atoms. The Morgan fingerprint density at radius 2 is 1.78 bits per heavy atom. The van der Waals surface area contributed by atoms with Crippen molar-refractivity contribution >= 4 is 17.3 Å². The maximum absolute atomic E-state index is 12.3. The quantitative estimate of drug-likeness (QED) is 0.588. The lowest BCUT2D eigenvalue weighted by atomic mass is 10.2. The summed E-state index contributed by atoms with van der Waals surface area (Å²) in [5.74, 6) is 0.135. The number of carbonyl (C=O) groups is 1. The molecule has 0 bridgehead atoms. The molecule has 0 N–H and O–H groups in total. The fraction of sp³-hybridized carbons (Fsp3) is 0.562. The lowest BCUT2D eigenvalue weighted by Crippen LogP contribution is -2.51. The van der Waals surface area contributed by atoms with Crippen LogP contribution in [0.3, 0.4) is 0 Å². The lowest BCUT2D eigenvalue weighted by Gasteiger charge is -2.36. The van der Waals surface area contributed by atoms with Crippen LogP contribution in [0.5, 0.6) is 0 Å². The molecule has 1 aromatic rings. The molecule has 1 aliphatic rings. The van der Waals surface area contributed by atoms with Gasteiger partial charge >= 0.3 is 0 Å². The summed E-state index contributed by atoms with van der Waals surface area (Å²) in [7, 11) is 0. The minimum atomic E-state index is -0.354. The van der Waals surface area contributed by atoms with E-state index in [1.165, 1.54) is 6.07 Å². The lowest BCUT2D eigenvalue weighted by molar-refractivity contribution is -0.384. The standard InChI is InChI=1S/C16H24N4O3/c1-3-17(4-2)13-16(21)19-11-9-18(10-12-19)14-7-5-6-8-15(14)20(22)23/h5-8H,3-4,9-13H2,1-2H3. The third-order valence-electron chi connectivity index (χ3n) is 4.30. The van der Waals surface area contributed by atoms with Crippen molar-refractivity contribution in [2.45, 2.75) is 13.8 Å². The van der Waals surface area contributed by atoms with Crippen LogP contribution >= 0.6 is 0 Å². The number of piperazine rings is 1. The van der Waals surface area contributed by atoms with Crippen LogP contribution in [0.1, 0.15) is 13.8 Å². The van der Waals surface area contributed by atoms with Gasteiger partial charge in [0.2, 0.25) is 5.91 Å². The van der Waals surface area contributed by atoms with E-state index in [1.807, 2.05) is 23.6 Å². The highest BCUT2D eigenvalue weighted by atomic mass is 16.6. The van der Waals surface area contributed by atoms with Crippen LogP contribution in [0.15, 0.2) is 24.3 Å². The number of likely N-dealkylation sites (N-methyl/N-ethyl adjacent to an activating group) is 1. The Bertz CT molecular complexity index is 552. The van der Waals surface area contributed by atoms with Crippen molar-refractivity contribution in [3.63, 3.8) is 0 Å². The number of benzene rings is 1. The van der Waals surface area contributed by atoms with E-state index in [0.29, 0.717) is 38.4 Å². The molecule has 7 nitrogen and oxygen atoms in total. The summed E-state index contributed by atoms with van der Waals surface area (Å²) in [6.45, 7) is 8.70. The SMILES string of the molecule is CCN(CC)CC(=O)N1CCN(c2ccccc2[N+](=O)[O-])CC1. The zero-order chi connectivity index (χ0) is 16.8. The topological polar surface area (TPSA) is 69.9 Å². The highest BCUT2D eigenvalue weighted by molar-refractivity contribution is 5.78. The monoisotopic (exact) mass is 320 g/mol. The summed E-state index contributed by atoms with van der Waals surface area (Å²) in [4.78, 5) is 29.0. The molecule has 1 amide bonds. The molecule has 1 saturated heterocycles. The molecule has 1 aliphatic heterocycles. The number of carbonyl (C=O) groups excluding carboxylic acids is 1. The molecular weight excluding hydrogens is 296 g/mol. The predicted octanol–water partition coefficient (Wildman–Crippen LogP) is 1.59. The number of nitro benzene ring substituents is 1. The molecule has 0 aromatic heterocycles. The second kappa shape index (κ2) is 7.92. The number of anilines is 1. The fourth-order valence-electron chi connectivity index (χ4n) is 2.82. The number of para-hydroxylation sites is 2. The first-order valence-corrected chi connectivity index (χ1v) is 8.05. The Morgan fingerprint density at radius 3 is 2.35 bits per heavy atom. The number of hydrogen-bond donors (Lipinski definition) is 0. The van der Waals surface area contributed by atoms with Crippen molar-refractivity contribution in [3.8, 4) is 0 Å². The third-order valence-corrected chi connectivity index (χ3v) is 4.30. The van der Waals surface area contributed by atoms with E-state index < -0.39 is 0 Å². The summed E-state index contributed by atoms with van der Waals surface area (Å²) < 4.78 is 0. The van der Waals surface area contributed by atoms with Crippen molar-refractivity contribution < 1.29 is 9.72 Å². The van der Waals surface area contributed by atoms with Gasteiger partial charge in [0.25, 0.3) is 5.69 Å². The average Bonchev–Trinajstić information content (AvgIpc) is 2.59. The Morgan fingerprint density at radius 1 is 1.17 bits per heavy atom. The van der Waals surface area contributed by atoms with Crippen LogP contribution in [0.4, 0.5) is 11.4 Å². The van der Waals surface area contributed by atoms with Crippen molar-refractivity contribution in [2.24, 2.45) is 0 Å². The van der Waals surface area contributed by atoms with E-state index in [2.05, 4.69) is 4.90 Å². The minimum Gasteiger partial charge on any atom is -0.362 e. The van der Waals surface area contributed by atoms with E-state index in [-0.39, 0.29) is 16.5 Å². The van der Waals surface area contributed by atoms with Crippen LogP contribution in [-0.4, -0.2) is 66.4 Å².